The topological polar surface area (TPSA) is 40.6 Å². The number of hydrogen-bond donors (Lipinski definition) is 0. The summed E-state index contributed by atoms with van der Waals surface area (Å²) in [6.07, 6.45) is 8.51. The highest BCUT2D eigenvalue weighted by Gasteiger charge is 2.06. The molecule has 22 heavy (non-hydrogen) atoms. The van der Waals surface area contributed by atoms with E-state index in [-0.39, 0.29) is 5.70 Å². The minimum Gasteiger partial charge on any atom is -0.465 e. The number of hydrogen-bond acceptors (Lipinski definition) is 3. The molecule has 0 fully saturated rings. The lowest BCUT2D eigenvalue weighted by Gasteiger charge is -2.12. The standard InChI is InChI=1S/C18H15N3O/c1-20-18(13-19)15-10-11-22-17(12-15)9-6-14-4-7-16(8-5-14)21(2)3/h4-12H,2-3H3/b9-6+,18-15-. The minimum atomic E-state index is 0.0563. The van der Waals surface area contributed by atoms with Crippen molar-refractivity contribution in [3.63, 3.8) is 0 Å². The molecule has 0 saturated carbocycles. The quantitative estimate of drug-likeness (QED) is 0.626. The third kappa shape index (κ3) is 3.65. The van der Waals surface area contributed by atoms with Crippen molar-refractivity contribution in [3.05, 3.63) is 82.8 Å². The van der Waals surface area contributed by atoms with E-state index in [4.69, 9.17) is 16.6 Å². The fraction of sp³-hybridized carbons (Fsp3) is 0.111. The number of benzene rings is 1. The van der Waals surface area contributed by atoms with Gasteiger partial charge in [0.05, 0.1) is 18.9 Å². The summed E-state index contributed by atoms with van der Waals surface area (Å²) in [5.41, 5.74) is 2.79. The molecule has 0 aromatic heterocycles. The van der Waals surface area contributed by atoms with Crippen LogP contribution in [0.15, 0.2) is 65.8 Å². The molecule has 0 saturated heterocycles. The van der Waals surface area contributed by atoms with Gasteiger partial charge in [0.25, 0.3) is 5.70 Å². The van der Waals surface area contributed by atoms with Crippen LogP contribution in [0.2, 0.25) is 0 Å². The second kappa shape index (κ2) is 6.97. The monoisotopic (exact) mass is 289 g/mol. The number of nitrogens with zero attached hydrogens (tertiary/aromatic N) is 3. The van der Waals surface area contributed by atoms with Gasteiger partial charge in [-0.15, -0.1) is 0 Å². The van der Waals surface area contributed by atoms with Gasteiger partial charge in [-0.25, -0.2) is 10.1 Å². The van der Waals surface area contributed by atoms with Gasteiger partial charge in [-0.3, -0.25) is 0 Å². The van der Waals surface area contributed by atoms with Crippen LogP contribution in [-0.4, -0.2) is 14.1 Å². The van der Waals surface area contributed by atoms with Crippen LogP contribution in [0.25, 0.3) is 10.9 Å². The number of rotatable bonds is 3. The third-order valence-corrected chi connectivity index (χ3v) is 3.09. The number of ether oxygens (including phenoxy) is 1. The molecule has 108 valence electrons. The van der Waals surface area contributed by atoms with Gasteiger partial charge in [-0.1, -0.05) is 18.2 Å². The van der Waals surface area contributed by atoms with E-state index >= 15 is 0 Å². The first-order valence-corrected chi connectivity index (χ1v) is 6.66. The Kier molecular flexibility index (Phi) is 4.80. The lowest BCUT2D eigenvalue weighted by Crippen LogP contribution is -2.07. The molecular formula is C18H15N3O. The zero-order valence-electron chi connectivity index (χ0n) is 12.4. The van der Waals surface area contributed by atoms with Crippen molar-refractivity contribution in [2.24, 2.45) is 0 Å². The van der Waals surface area contributed by atoms with Gasteiger partial charge >= 0.3 is 0 Å². The van der Waals surface area contributed by atoms with Crippen LogP contribution in [0.3, 0.4) is 0 Å². The van der Waals surface area contributed by atoms with E-state index in [1.165, 1.54) is 6.26 Å². The molecule has 1 heterocycles. The Hall–Kier alpha value is -3.24. The summed E-state index contributed by atoms with van der Waals surface area (Å²) in [6.45, 7) is 6.97. The van der Waals surface area contributed by atoms with Crippen LogP contribution in [0.4, 0.5) is 5.69 Å². The van der Waals surface area contributed by atoms with Gasteiger partial charge in [0.1, 0.15) is 5.76 Å². The lowest BCUT2D eigenvalue weighted by atomic mass is 10.1. The molecule has 0 atom stereocenters. The fourth-order valence-corrected chi connectivity index (χ4v) is 1.87. The zero-order valence-corrected chi connectivity index (χ0v) is 12.4. The van der Waals surface area contributed by atoms with Crippen molar-refractivity contribution in [2.45, 2.75) is 0 Å². The molecule has 4 heteroatoms. The van der Waals surface area contributed by atoms with Crippen molar-refractivity contribution >= 4 is 11.8 Å². The number of allylic oxidation sites excluding steroid dienone is 5. The minimum absolute atomic E-state index is 0.0563. The Morgan fingerprint density at radius 3 is 2.59 bits per heavy atom. The highest BCUT2D eigenvalue weighted by atomic mass is 16.5. The average molecular weight is 289 g/mol. The number of anilines is 1. The first kappa shape index (κ1) is 15.2. The second-order valence-electron chi connectivity index (χ2n) is 4.81. The van der Waals surface area contributed by atoms with Gasteiger partial charge in [0, 0.05) is 19.8 Å². The molecule has 0 radical (unpaired) electrons. The zero-order chi connectivity index (χ0) is 15.9. The van der Waals surface area contributed by atoms with Crippen LogP contribution in [0.1, 0.15) is 5.56 Å². The maximum absolute atomic E-state index is 8.90. The van der Waals surface area contributed by atoms with E-state index in [2.05, 4.69) is 4.85 Å². The average Bonchev–Trinajstić information content (AvgIpc) is 2.55. The van der Waals surface area contributed by atoms with Crippen molar-refractivity contribution < 1.29 is 4.74 Å². The second-order valence-corrected chi connectivity index (χ2v) is 4.81. The molecule has 0 aliphatic carbocycles. The van der Waals surface area contributed by atoms with Gasteiger partial charge < -0.3 is 9.64 Å². The van der Waals surface area contributed by atoms with Crippen LogP contribution < -0.4 is 4.90 Å². The molecule has 2 rings (SSSR count). The predicted molar refractivity (Wildman–Crippen MR) is 87.4 cm³/mol. The summed E-state index contributed by atoms with van der Waals surface area (Å²) in [5, 5.41) is 8.90. The van der Waals surface area contributed by atoms with Gasteiger partial charge in [-0.05, 0) is 41.5 Å². The maximum Gasteiger partial charge on any atom is 0.269 e. The molecule has 4 nitrogen and oxygen atoms in total. The number of nitriles is 1. The van der Waals surface area contributed by atoms with E-state index in [1.807, 2.05) is 61.5 Å². The molecular weight excluding hydrogens is 274 g/mol. The van der Waals surface area contributed by atoms with Gasteiger partial charge in [0.15, 0.2) is 0 Å². The Morgan fingerprint density at radius 2 is 2.00 bits per heavy atom. The molecule has 0 bridgehead atoms. The largest absolute Gasteiger partial charge is 0.465 e. The van der Waals surface area contributed by atoms with Crippen LogP contribution in [0, 0.1) is 17.9 Å². The summed E-state index contributed by atoms with van der Waals surface area (Å²) in [5.74, 6) is 0.589. The van der Waals surface area contributed by atoms with Crippen LogP contribution in [0.5, 0.6) is 0 Å². The van der Waals surface area contributed by atoms with Crippen molar-refractivity contribution in [2.75, 3.05) is 19.0 Å². The van der Waals surface area contributed by atoms with E-state index in [0.29, 0.717) is 11.3 Å². The Labute approximate surface area is 130 Å². The smallest absolute Gasteiger partial charge is 0.269 e. The summed E-state index contributed by atoms with van der Waals surface area (Å²) in [6, 6.07) is 9.98. The molecule has 1 aliphatic heterocycles. The Bertz CT molecular complexity index is 735. The summed E-state index contributed by atoms with van der Waals surface area (Å²) >= 11 is 0. The summed E-state index contributed by atoms with van der Waals surface area (Å²) in [7, 11) is 3.99. The fourth-order valence-electron chi connectivity index (χ4n) is 1.87. The Morgan fingerprint density at radius 1 is 1.27 bits per heavy atom. The molecule has 1 aromatic rings. The molecule has 1 aromatic carbocycles. The molecule has 0 spiro atoms. The third-order valence-electron chi connectivity index (χ3n) is 3.09. The SMILES string of the molecule is [C-]#[N+]/C(C#N)=C1/C=COC(/C=C/c2ccc(N(C)C)cc2)=C1. The van der Waals surface area contributed by atoms with E-state index in [9.17, 15) is 0 Å². The van der Waals surface area contributed by atoms with Gasteiger partial charge in [0.2, 0.25) is 0 Å². The first-order valence-electron chi connectivity index (χ1n) is 6.66. The van der Waals surface area contributed by atoms with Crippen LogP contribution >= 0.6 is 0 Å². The highest BCUT2D eigenvalue weighted by molar-refractivity contribution is 5.58. The van der Waals surface area contributed by atoms with Crippen molar-refractivity contribution in [1.29, 1.82) is 5.26 Å². The van der Waals surface area contributed by atoms with Crippen molar-refractivity contribution in [3.8, 4) is 6.07 Å². The molecule has 0 amide bonds. The first-order chi connectivity index (χ1) is 10.6. The normalized spacial score (nSPS) is 15.5. The molecule has 0 N–H and O–H groups in total. The Balaban J connectivity index is 2.19. The summed E-state index contributed by atoms with van der Waals surface area (Å²) < 4.78 is 5.37. The lowest BCUT2D eigenvalue weighted by molar-refractivity contribution is 0.364. The van der Waals surface area contributed by atoms with E-state index in [1.54, 1.807) is 12.2 Å². The summed E-state index contributed by atoms with van der Waals surface area (Å²) in [4.78, 5) is 5.24. The highest BCUT2D eigenvalue weighted by Crippen LogP contribution is 2.20. The maximum atomic E-state index is 8.90. The molecule has 1 aliphatic rings. The van der Waals surface area contributed by atoms with Crippen LogP contribution in [-0.2, 0) is 4.74 Å². The van der Waals surface area contributed by atoms with E-state index in [0.717, 1.165) is 11.3 Å². The van der Waals surface area contributed by atoms with Crippen molar-refractivity contribution in [1.82, 2.24) is 0 Å². The van der Waals surface area contributed by atoms with E-state index < -0.39 is 0 Å². The molecule has 0 unspecified atom stereocenters. The predicted octanol–water partition coefficient (Wildman–Crippen LogP) is 3.89. The van der Waals surface area contributed by atoms with Gasteiger partial charge in [-0.2, -0.15) is 0 Å².